The summed E-state index contributed by atoms with van der Waals surface area (Å²) in [6.07, 6.45) is 0. The third kappa shape index (κ3) is 4.33. The van der Waals surface area contributed by atoms with Gasteiger partial charge >= 0.3 is 5.97 Å². The van der Waals surface area contributed by atoms with Gasteiger partial charge < -0.3 is 4.74 Å². The van der Waals surface area contributed by atoms with Gasteiger partial charge in [0.15, 0.2) is 0 Å². The van der Waals surface area contributed by atoms with E-state index in [2.05, 4.69) is 0 Å². The Balaban J connectivity index is 2.07. The summed E-state index contributed by atoms with van der Waals surface area (Å²) in [4.78, 5) is 12.4. The van der Waals surface area contributed by atoms with Crippen molar-refractivity contribution in [2.45, 2.75) is 26.4 Å². The first-order chi connectivity index (χ1) is 10.1. The maximum atomic E-state index is 12.4. The van der Waals surface area contributed by atoms with Gasteiger partial charge in [0.05, 0.1) is 5.92 Å². The van der Waals surface area contributed by atoms with E-state index in [-0.39, 0.29) is 17.8 Å². The standard InChI is InChI=1S/C18H19ClO2/c1-13(2)17(15-8-10-16(19)11-9-15)18(20)21-12-14-6-4-3-5-7-14/h3-11,13,17H,12H2,1-2H3/t17-/m0/s1. The van der Waals surface area contributed by atoms with Crippen molar-refractivity contribution >= 4 is 17.6 Å². The Hall–Kier alpha value is -1.80. The van der Waals surface area contributed by atoms with Crippen LogP contribution in [-0.4, -0.2) is 5.97 Å². The Kier molecular flexibility index (Phi) is 5.40. The fourth-order valence-corrected chi connectivity index (χ4v) is 2.41. The van der Waals surface area contributed by atoms with E-state index < -0.39 is 0 Å². The number of halogens is 1. The van der Waals surface area contributed by atoms with Crippen LogP contribution in [-0.2, 0) is 16.1 Å². The zero-order valence-electron chi connectivity index (χ0n) is 12.3. The Bertz CT molecular complexity index is 576. The molecule has 2 nitrogen and oxygen atoms in total. The van der Waals surface area contributed by atoms with Crippen LogP contribution in [0, 0.1) is 5.92 Å². The van der Waals surface area contributed by atoms with Gasteiger partial charge in [-0.1, -0.05) is 67.9 Å². The lowest BCUT2D eigenvalue weighted by atomic mass is 9.88. The van der Waals surface area contributed by atoms with Crippen molar-refractivity contribution in [3.05, 3.63) is 70.7 Å². The molecule has 0 saturated heterocycles. The molecular weight excluding hydrogens is 284 g/mol. The van der Waals surface area contributed by atoms with Crippen molar-refractivity contribution in [3.63, 3.8) is 0 Å². The summed E-state index contributed by atoms with van der Waals surface area (Å²) in [5.41, 5.74) is 1.93. The molecule has 2 aromatic rings. The summed E-state index contributed by atoms with van der Waals surface area (Å²) in [7, 11) is 0. The largest absolute Gasteiger partial charge is 0.460 e. The molecule has 1 atom stereocenters. The highest BCUT2D eigenvalue weighted by Gasteiger charge is 2.25. The minimum absolute atomic E-state index is 0.162. The molecule has 0 heterocycles. The van der Waals surface area contributed by atoms with Crippen LogP contribution in [0.4, 0.5) is 0 Å². The maximum Gasteiger partial charge on any atom is 0.314 e. The minimum atomic E-state index is -0.272. The number of carbonyl (C=O) groups excluding carboxylic acids is 1. The highest BCUT2D eigenvalue weighted by Crippen LogP contribution is 2.27. The molecule has 0 aliphatic carbocycles. The van der Waals surface area contributed by atoms with Crippen LogP contribution in [0.3, 0.4) is 0 Å². The average Bonchev–Trinajstić information content (AvgIpc) is 2.48. The fourth-order valence-electron chi connectivity index (χ4n) is 2.28. The summed E-state index contributed by atoms with van der Waals surface area (Å²) in [6, 6.07) is 17.1. The number of carbonyl (C=O) groups is 1. The summed E-state index contributed by atoms with van der Waals surface area (Å²) in [5, 5.41) is 0.666. The molecule has 0 aliphatic heterocycles. The van der Waals surface area contributed by atoms with E-state index in [0.717, 1.165) is 11.1 Å². The van der Waals surface area contributed by atoms with Crippen LogP contribution >= 0.6 is 11.6 Å². The smallest absolute Gasteiger partial charge is 0.314 e. The van der Waals surface area contributed by atoms with E-state index in [9.17, 15) is 4.79 Å². The van der Waals surface area contributed by atoms with E-state index in [1.807, 2.05) is 56.3 Å². The predicted molar refractivity (Wildman–Crippen MR) is 85.3 cm³/mol. The van der Waals surface area contributed by atoms with E-state index in [1.165, 1.54) is 0 Å². The molecule has 0 fully saturated rings. The molecule has 110 valence electrons. The topological polar surface area (TPSA) is 26.3 Å². The summed E-state index contributed by atoms with van der Waals surface area (Å²) in [6.45, 7) is 4.34. The number of hydrogen-bond donors (Lipinski definition) is 0. The quantitative estimate of drug-likeness (QED) is 0.740. The number of ether oxygens (including phenoxy) is 1. The van der Waals surface area contributed by atoms with Crippen molar-refractivity contribution in [2.24, 2.45) is 5.92 Å². The van der Waals surface area contributed by atoms with E-state index in [0.29, 0.717) is 11.6 Å². The SMILES string of the molecule is CC(C)[C@H](C(=O)OCc1ccccc1)c1ccc(Cl)cc1. The number of esters is 1. The molecule has 0 spiro atoms. The average molecular weight is 303 g/mol. The molecule has 0 N–H and O–H groups in total. The van der Waals surface area contributed by atoms with Gasteiger partial charge in [-0.25, -0.2) is 0 Å². The normalized spacial score (nSPS) is 12.2. The minimum Gasteiger partial charge on any atom is -0.460 e. The molecule has 0 aliphatic rings. The van der Waals surface area contributed by atoms with Crippen molar-refractivity contribution in [1.29, 1.82) is 0 Å². The van der Waals surface area contributed by atoms with Crippen LogP contribution in [0.1, 0.15) is 30.9 Å². The lowest BCUT2D eigenvalue weighted by Crippen LogP contribution is -2.20. The van der Waals surface area contributed by atoms with Gasteiger partial charge in [-0.05, 0) is 29.2 Å². The van der Waals surface area contributed by atoms with Crippen molar-refractivity contribution in [1.82, 2.24) is 0 Å². The fraction of sp³-hybridized carbons (Fsp3) is 0.278. The molecule has 0 bridgehead atoms. The van der Waals surface area contributed by atoms with Gasteiger partial charge in [-0.3, -0.25) is 4.79 Å². The van der Waals surface area contributed by atoms with E-state index in [1.54, 1.807) is 12.1 Å². The zero-order valence-corrected chi connectivity index (χ0v) is 13.0. The lowest BCUT2D eigenvalue weighted by Gasteiger charge is -2.20. The Morgan fingerprint density at radius 2 is 1.67 bits per heavy atom. The van der Waals surface area contributed by atoms with Crippen LogP contribution in [0.15, 0.2) is 54.6 Å². The van der Waals surface area contributed by atoms with Gasteiger partial charge in [-0.2, -0.15) is 0 Å². The van der Waals surface area contributed by atoms with Gasteiger partial charge in [0.25, 0.3) is 0 Å². The van der Waals surface area contributed by atoms with Crippen molar-refractivity contribution < 1.29 is 9.53 Å². The molecule has 0 unspecified atom stereocenters. The zero-order chi connectivity index (χ0) is 15.2. The first-order valence-corrected chi connectivity index (χ1v) is 7.41. The van der Waals surface area contributed by atoms with Crippen LogP contribution in [0.25, 0.3) is 0 Å². The van der Waals surface area contributed by atoms with Gasteiger partial charge in [0.2, 0.25) is 0 Å². The van der Waals surface area contributed by atoms with Gasteiger partial charge in [0.1, 0.15) is 6.61 Å². The van der Waals surface area contributed by atoms with Crippen LogP contribution in [0.5, 0.6) is 0 Å². The van der Waals surface area contributed by atoms with Crippen LogP contribution < -0.4 is 0 Å². The first kappa shape index (κ1) is 15.6. The van der Waals surface area contributed by atoms with Gasteiger partial charge in [-0.15, -0.1) is 0 Å². The predicted octanol–water partition coefficient (Wildman–Crippen LogP) is 4.82. The number of rotatable bonds is 5. The summed E-state index contributed by atoms with van der Waals surface area (Å²) in [5.74, 6) is -0.309. The molecular formula is C18H19ClO2. The van der Waals surface area contributed by atoms with E-state index >= 15 is 0 Å². The Morgan fingerprint density at radius 1 is 1.05 bits per heavy atom. The van der Waals surface area contributed by atoms with Crippen molar-refractivity contribution in [2.75, 3.05) is 0 Å². The third-order valence-corrected chi connectivity index (χ3v) is 3.63. The third-order valence-electron chi connectivity index (χ3n) is 3.37. The lowest BCUT2D eigenvalue weighted by molar-refractivity contribution is -0.148. The molecule has 2 rings (SSSR count). The van der Waals surface area contributed by atoms with Crippen LogP contribution in [0.2, 0.25) is 5.02 Å². The molecule has 0 saturated carbocycles. The second kappa shape index (κ2) is 7.28. The number of hydrogen-bond acceptors (Lipinski definition) is 2. The van der Waals surface area contributed by atoms with E-state index in [4.69, 9.17) is 16.3 Å². The molecule has 3 heteroatoms. The molecule has 21 heavy (non-hydrogen) atoms. The first-order valence-electron chi connectivity index (χ1n) is 7.04. The monoisotopic (exact) mass is 302 g/mol. The highest BCUT2D eigenvalue weighted by molar-refractivity contribution is 6.30. The van der Waals surface area contributed by atoms with Crippen molar-refractivity contribution in [3.8, 4) is 0 Å². The summed E-state index contributed by atoms with van der Waals surface area (Å²) < 4.78 is 5.46. The molecule has 0 radical (unpaired) electrons. The molecule has 0 amide bonds. The summed E-state index contributed by atoms with van der Waals surface area (Å²) >= 11 is 5.90. The Morgan fingerprint density at radius 3 is 2.24 bits per heavy atom. The molecule has 2 aromatic carbocycles. The second-order valence-corrected chi connectivity index (χ2v) is 5.80. The second-order valence-electron chi connectivity index (χ2n) is 5.37. The highest BCUT2D eigenvalue weighted by atomic mass is 35.5. The maximum absolute atomic E-state index is 12.4. The van der Waals surface area contributed by atoms with Gasteiger partial charge in [0, 0.05) is 5.02 Å². The molecule has 0 aromatic heterocycles. The number of benzene rings is 2. The Labute approximate surface area is 130 Å².